The summed E-state index contributed by atoms with van der Waals surface area (Å²) in [4.78, 5) is 26.4. The van der Waals surface area contributed by atoms with Crippen LogP contribution in [0.4, 0.5) is 10.5 Å². The van der Waals surface area contributed by atoms with Crippen LogP contribution in [-0.2, 0) is 11.3 Å². The number of nitrogens with one attached hydrogen (secondary N) is 2. The maximum absolute atomic E-state index is 12.5. The maximum Gasteiger partial charge on any atom is 0.410 e. The van der Waals surface area contributed by atoms with Crippen molar-refractivity contribution in [3.05, 3.63) is 64.7 Å². The van der Waals surface area contributed by atoms with Crippen molar-refractivity contribution in [2.75, 3.05) is 25.0 Å². The molecule has 2 aromatic rings. The minimum absolute atomic E-state index is 0.0859. The number of halogens is 1. The van der Waals surface area contributed by atoms with E-state index >= 15 is 0 Å². The van der Waals surface area contributed by atoms with Crippen LogP contribution in [0.5, 0.6) is 0 Å². The Hall–Kier alpha value is -2.73. The lowest BCUT2D eigenvalue weighted by molar-refractivity contribution is 0.0183. The molecule has 0 unspecified atom stereocenters. The molecule has 32 heavy (non-hydrogen) atoms. The van der Waals surface area contributed by atoms with E-state index in [1.807, 2.05) is 69.3 Å². The average Bonchev–Trinajstić information content (AvgIpc) is 2.76. The Labute approximate surface area is 195 Å². The fourth-order valence-corrected chi connectivity index (χ4v) is 3.77. The van der Waals surface area contributed by atoms with Gasteiger partial charge in [-0.2, -0.15) is 0 Å². The van der Waals surface area contributed by atoms with Crippen molar-refractivity contribution in [1.29, 1.82) is 0 Å². The highest BCUT2D eigenvalue weighted by atomic mass is 35.5. The SMILES string of the molecule is CC(C)(C)OC(=O)N1CCC(CNC(=O)c2ccc(NCc3ccccc3Cl)cc2)CC1. The molecule has 172 valence electrons. The monoisotopic (exact) mass is 457 g/mol. The first-order valence-corrected chi connectivity index (χ1v) is 11.4. The predicted octanol–water partition coefficient (Wildman–Crippen LogP) is 5.33. The normalized spacial score (nSPS) is 14.7. The number of carbonyl (C=O) groups is 2. The number of carbonyl (C=O) groups excluding carboxylic acids is 2. The zero-order valence-electron chi connectivity index (χ0n) is 19.0. The second kappa shape index (κ2) is 10.7. The van der Waals surface area contributed by atoms with Crippen LogP contribution in [0, 0.1) is 5.92 Å². The van der Waals surface area contributed by atoms with Gasteiger partial charge >= 0.3 is 6.09 Å². The fourth-order valence-electron chi connectivity index (χ4n) is 3.56. The first-order chi connectivity index (χ1) is 15.2. The van der Waals surface area contributed by atoms with Crippen LogP contribution in [0.3, 0.4) is 0 Å². The van der Waals surface area contributed by atoms with Gasteiger partial charge in [0.25, 0.3) is 5.91 Å². The van der Waals surface area contributed by atoms with Gasteiger partial charge in [-0.3, -0.25) is 4.79 Å². The van der Waals surface area contributed by atoms with Crippen molar-refractivity contribution in [1.82, 2.24) is 10.2 Å². The summed E-state index contributed by atoms with van der Waals surface area (Å²) in [7, 11) is 0. The zero-order valence-corrected chi connectivity index (χ0v) is 19.7. The van der Waals surface area contributed by atoms with Gasteiger partial charge in [-0.25, -0.2) is 4.79 Å². The molecule has 1 fully saturated rings. The van der Waals surface area contributed by atoms with Crippen molar-refractivity contribution in [2.45, 2.75) is 45.8 Å². The molecule has 0 aromatic heterocycles. The molecule has 1 aliphatic rings. The Balaban J connectivity index is 1.41. The largest absolute Gasteiger partial charge is 0.444 e. The molecule has 1 saturated heterocycles. The minimum Gasteiger partial charge on any atom is -0.444 e. The van der Waals surface area contributed by atoms with Crippen molar-refractivity contribution >= 4 is 29.3 Å². The third kappa shape index (κ3) is 7.16. The number of hydrogen-bond donors (Lipinski definition) is 2. The van der Waals surface area contributed by atoms with Crippen LogP contribution in [-0.4, -0.2) is 42.1 Å². The molecule has 2 amide bonds. The highest BCUT2D eigenvalue weighted by molar-refractivity contribution is 6.31. The number of likely N-dealkylation sites (tertiary alicyclic amines) is 1. The third-order valence-corrected chi connectivity index (χ3v) is 5.77. The molecule has 1 aliphatic heterocycles. The molecular formula is C25H32ClN3O3. The highest BCUT2D eigenvalue weighted by Gasteiger charge is 2.27. The zero-order chi connectivity index (χ0) is 23.1. The van der Waals surface area contributed by atoms with E-state index in [9.17, 15) is 9.59 Å². The summed E-state index contributed by atoms with van der Waals surface area (Å²) in [6, 6.07) is 15.1. The molecule has 0 radical (unpaired) electrons. The molecule has 0 spiro atoms. The Kier molecular flexibility index (Phi) is 8.02. The number of rotatable bonds is 6. The first kappa shape index (κ1) is 23.9. The average molecular weight is 458 g/mol. The van der Waals surface area contributed by atoms with Crippen LogP contribution < -0.4 is 10.6 Å². The summed E-state index contributed by atoms with van der Waals surface area (Å²) in [6.07, 6.45) is 1.44. The van der Waals surface area contributed by atoms with Crippen molar-refractivity contribution in [3.8, 4) is 0 Å². The molecule has 2 aromatic carbocycles. The molecule has 0 bridgehead atoms. The fraction of sp³-hybridized carbons (Fsp3) is 0.440. The van der Waals surface area contributed by atoms with Crippen LogP contribution in [0.1, 0.15) is 49.5 Å². The van der Waals surface area contributed by atoms with E-state index < -0.39 is 5.60 Å². The van der Waals surface area contributed by atoms with E-state index in [2.05, 4.69) is 10.6 Å². The van der Waals surface area contributed by atoms with Gasteiger partial charge in [0.2, 0.25) is 0 Å². The number of nitrogens with zero attached hydrogens (tertiary/aromatic N) is 1. The molecule has 7 heteroatoms. The molecule has 0 aliphatic carbocycles. The Morgan fingerprint density at radius 1 is 1.06 bits per heavy atom. The molecule has 0 atom stereocenters. The van der Waals surface area contributed by atoms with Crippen LogP contribution in [0.2, 0.25) is 5.02 Å². The first-order valence-electron chi connectivity index (χ1n) is 11.0. The Morgan fingerprint density at radius 3 is 2.34 bits per heavy atom. The predicted molar refractivity (Wildman–Crippen MR) is 128 cm³/mol. The summed E-state index contributed by atoms with van der Waals surface area (Å²) in [6.45, 7) is 8.14. The number of ether oxygens (including phenoxy) is 1. The maximum atomic E-state index is 12.5. The van der Waals surface area contributed by atoms with E-state index in [4.69, 9.17) is 16.3 Å². The molecule has 2 N–H and O–H groups in total. The van der Waals surface area contributed by atoms with E-state index in [-0.39, 0.29) is 12.0 Å². The quantitative estimate of drug-likeness (QED) is 0.615. The molecule has 6 nitrogen and oxygen atoms in total. The Bertz CT molecular complexity index is 917. The van der Waals surface area contributed by atoms with Gasteiger partial charge in [-0.05, 0) is 75.4 Å². The van der Waals surface area contributed by atoms with Gasteiger partial charge in [-0.15, -0.1) is 0 Å². The van der Waals surface area contributed by atoms with Gasteiger partial charge in [-0.1, -0.05) is 29.8 Å². The van der Waals surface area contributed by atoms with Gasteiger partial charge < -0.3 is 20.3 Å². The van der Waals surface area contributed by atoms with Crippen LogP contribution >= 0.6 is 11.6 Å². The van der Waals surface area contributed by atoms with Crippen LogP contribution in [0.25, 0.3) is 0 Å². The van der Waals surface area contributed by atoms with Gasteiger partial charge in [0.1, 0.15) is 5.60 Å². The number of benzene rings is 2. The topological polar surface area (TPSA) is 70.7 Å². The van der Waals surface area contributed by atoms with E-state index in [1.165, 1.54) is 0 Å². The van der Waals surface area contributed by atoms with Crippen molar-refractivity contribution in [3.63, 3.8) is 0 Å². The Morgan fingerprint density at radius 2 is 1.72 bits per heavy atom. The molecule has 1 heterocycles. The molecule has 3 rings (SSSR count). The molecular weight excluding hydrogens is 426 g/mol. The van der Waals surface area contributed by atoms with E-state index in [0.29, 0.717) is 37.7 Å². The lowest BCUT2D eigenvalue weighted by atomic mass is 9.97. The van der Waals surface area contributed by atoms with Crippen molar-refractivity contribution in [2.24, 2.45) is 5.92 Å². The standard InChI is InChI=1S/C25H32ClN3O3/c1-25(2,3)32-24(31)29-14-12-18(13-15-29)16-28-23(30)19-8-10-21(11-9-19)27-17-20-6-4-5-7-22(20)26/h4-11,18,27H,12-17H2,1-3H3,(H,28,30). The number of amides is 2. The van der Waals surface area contributed by atoms with E-state index in [1.54, 1.807) is 4.90 Å². The lowest BCUT2D eigenvalue weighted by Crippen LogP contribution is -2.43. The number of hydrogen-bond acceptors (Lipinski definition) is 4. The minimum atomic E-state index is -0.485. The summed E-state index contributed by atoms with van der Waals surface area (Å²) in [5.41, 5.74) is 2.09. The summed E-state index contributed by atoms with van der Waals surface area (Å²) < 4.78 is 5.43. The summed E-state index contributed by atoms with van der Waals surface area (Å²) in [5.74, 6) is 0.270. The summed E-state index contributed by atoms with van der Waals surface area (Å²) in [5, 5.41) is 7.07. The highest BCUT2D eigenvalue weighted by Crippen LogP contribution is 2.20. The van der Waals surface area contributed by atoms with Crippen LogP contribution in [0.15, 0.2) is 48.5 Å². The lowest BCUT2D eigenvalue weighted by Gasteiger charge is -2.33. The second-order valence-electron chi connectivity index (χ2n) is 9.14. The summed E-state index contributed by atoms with van der Waals surface area (Å²) >= 11 is 6.19. The number of piperidine rings is 1. The second-order valence-corrected chi connectivity index (χ2v) is 9.55. The molecule has 0 saturated carbocycles. The third-order valence-electron chi connectivity index (χ3n) is 5.41. The van der Waals surface area contributed by atoms with Gasteiger partial charge in [0.15, 0.2) is 0 Å². The van der Waals surface area contributed by atoms with Crippen molar-refractivity contribution < 1.29 is 14.3 Å². The van der Waals surface area contributed by atoms with Gasteiger partial charge in [0.05, 0.1) is 0 Å². The smallest absolute Gasteiger partial charge is 0.410 e. The number of anilines is 1. The van der Waals surface area contributed by atoms with E-state index in [0.717, 1.165) is 29.1 Å². The van der Waals surface area contributed by atoms with Gasteiger partial charge in [0, 0.05) is 42.5 Å².